The molecule has 1 rings (SSSR count). The van der Waals surface area contributed by atoms with E-state index < -0.39 is 5.60 Å². The van der Waals surface area contributed by atoms with Gasteiger partial charge in [0.1, 0.15) is 5.78 Å². The van der Waals surface area contributed by atoms with Gasteiger partial charge < -0.3 is 9.84 Å². The van der Waals surface area contributed by atoms with Gasteiger partial charge in [-0.1, -0.05) is 19.9 Å². The van der Waals surface area contributed by atoms with Crippen molar-refractivity contribution in [2.75, 3.05) is 7.11 Å². The van der Waals surface area contributed by atoms with Gasteiger partial charge in [0, 0.05) is 18.4 Å². The van der Waals surface area contributed by atoms with Crippen LogP contribution in [0.1, 0.15) is 52.9 Å². The maximum atomic E-state index is 11.9. The summed E-state index contributed by atoms with van der Waals surface area (Å²) < 4.78 is 4.70. The Morgan fingerprint density at radius 2 is 2.15 bits per heavy atom. The van der Waals surface area contributed by atoms with Gasteiger partial charge >= 0.3 is 5.97 Å². The van der Waals surface area contributed by atoms with E-state index in [1.807, 2.05) is 19.9 Å². The highest BCUT2D eigenvalue weighted by Gasteiger charge is 2.35. The summed E-state index contributed by atoms with van der Waals surface area (Å²) in [6, 6.07) is 0. The van der Waals surface area contributed by atoms with Crippen LogP contribution in [-0.2, 0) is 14.3 Å². The Balaban J connectivity index is 2.60. The molecule has 0 radical (unpaired) electrons. The predicted octanol–water partition coefficient (Wildman–Crippen LogP) is 2.64. The normalized spacial score (nSPS) is 22.1. The average molecular weight is 282 g/mol. The number of carbonyl (C=O) groups excluding carboxylic acids is 2. The minimum absolute atomic E-state index is 0.0204. The standard InChI is InChI=1S/C16H26O4/c1-11(2)9-14(17)10-16(3,19)13-7-5-12(6-8-13)15(18)20-4/h5,11,13,19H,6-10H2,1-4H3. The maximum absolute atomic E-state index is 11.9. The molecule has 0 aromatic rings. The van der Waals surface area contributed by atoms with E-state index in [-0.39, 0.29) is 24.1 Å². The highest BCUT2D eigenvalue weighted by Crippen LogP contribution is 2.34. The number of carbonyl (C=O) groups is 2. The first-order valence-corrected chi connectivity index (χ1v) is 7.27. The van der Waals surface area contributed by atoms with Crippen LogP contribution < -0.4 is 0 Å². The summed E-state index contributed by atoms with van der Waals surface area (Å²) in [5.74, 6) is 0.147. The highest BCUT2D eigenvalue weighted by atomic mass is 16.5. The summed E-state index contributed by atoms with van der Waals surface area (Å²) in [7, 11) is 1.37. The van der Waals surface area contributed by atoms with E-state index in [1.54, 1.807) is 6.92 Å². The SMILES string of the molecule is COC(=O)C1=CCC(C(C)(O)CC(=O)CC(C)C)CC1. The van der Waals surface area contributed by atoms with Crippen LogP contribution in [0.5, 0.6) is 0 Å². The van der Waals surface area contributed by atoms with Crippen LogP contribution in [0.2, 0.25) is 0 Å². The fraction of sp³-hybridized carbons (Fsp3) is 0.750. The Hall–Kier alpha value is -1.16. The second-order valence-corrected chi connectivity index (χ2v) is 6.36. The number of esters is 1. The molecule has 1 aliphatic carbocycles. The zero-order chi connectivity index (χ0) is 15.3. The van der Waals surface area contributed by atoms with Gasteiger partial charge in [-0.05, 0) is 38.0 Å². The van der Waals surface area contributed by atoms with E-state index in [2.05, 4.69) is 0 Å². The van der Waals surface area contributed by atoms with Gasteiger partial charge in [0.25, 0.3) is 0 Å². The lowest BCUT2D eigenvalue weighted by molar-refractivity contribution is -0.137. The Morgan fingerprint density at radius 3 is 2.60 bits per heavy atom. The van der Waals surface area contributed by atoms with Crippen molar-refractivity contribution in [1.29, 1.82) is 0 Å². The first kappa shape index (κ1) is 16.9. The number of allylic oxidation sites excluding steroid dienone is 1. The quantitative estimate of drug-likeness (QED) is 0.761. The topological polar surface area (TPSA) is 63.6 Å². The zero-order valence-corrected chi connectivity index (χ0v) is 12.9. The maximum Gasteiger partial charge on any atom is 0.333 e. The monoisotopic (exact) mass is 282 g/mol. The molecule has 4 nitrogen and oxygen atoms in total. The molecule has 0 heterocycles. The minimum atomic E-state index is -0.996. The Morgan fingerprint density at radius 1 is 1.50 bits per heavy atom. The molecule has 0 fully saturated rings. The highest BCUT2D eigenvalue weighted by molar-refractivity contribution is 5.88. The molecule has 0 aromatic carbocycles. The average Bonchev–Trinajstić information content (AvgIpc) is 2.36. The Bertz CT molecular complexity index is 393. The first-order valence-electron chi connectivity index (χ1n) is 7.27. The smallest absolute Gasteiger partial charge is 0.333 e. The van der Waals surface area contributed by atoms with Crippen LogP contribution in [0.4, 0.5) is 0 Å². The third-order valence-corrected chi connectivity index (χ3v) is 3.93. The van der Waals surface area contributed by atoms with E-state index in [1.165, 1.54) is 7.11 Å². The lowest BCUT2D eigenvalue weighted by Gasteiger charge is -2.34. The molecule has 0 bridgehead atoms. The third kappa shape index (κ3) is 4.75. The van der Waals surface area contributed by atoms with E-state index >= 15 is 0 Å². The van der Waals surface area contributed by atoms with Gasteiger partial charge in [0.05, 0.1) is 12.7 Å². The van der Waals surface area contributed by atoms with Gasteiger partial charge in [0.2, 0.25) is 0 Å². The van der Waals surface area contributed by atoms with Crippen molar-refractivity contribution in [3.63, 3.8) is 0 Å². The summed E-state index contributed by atoms with van der Waals surface area (Å²) in [5.41, 5.74) is -0.322. The fourth-order valence-electron chi connectivity index (χ4n) is 2.79. The van der Waals surface area contributed by atoms with Crippen molar-refractivity contribution < 1.29 is 19.4 Å². The largest absolute Gasteiger partial charge is 0.466 e. The molecule has 0 aromatic heterocycles. The first-order chi connectivity index (χ1) is 9.26. The van der Waals surface area contributed by atoms with E-state index in [0.29, 0.717) is 37.2 Å². The summed E-state index contributed by atoms with van der Waals surface area (Å²) in [5, 5.41) is 10.5. The van der Waals surface area contributed by atoms with Crippen molar-refractivity contribution in [1.82, 2.24) is 0 Å². The molecular formula is C16H26O4. The van der Waals surface area contributed by atoms with Crippen molar-refractivity contribution >= 4 is 11.8 Å². The van der Waals surface area contributed by atoms with Gasteiger partial charge in [-0.15, -0.1) is 0 Å². The van der Waals surface area contributed by atoms with Crippen LogP contribution in [0, 0.1) is 11.8 Å². The van der Waals surface area contributed by atoms with Crippen LogP contribution in [0.3, 0.4) is 0 Å². The molecule has 2 unspecified atom stereocenters. The molecule has 0 saturated heterocycles. The molecule has 0 spiro atoms. The van der Waals surface area contributed by atoms with Crippen LogP contribution >= 0.6 is 0 Å². The number of hydrogen-bond acceptors (Lipinski definition) is 4. The molecule has 114 valence electrons. The number of ether oxygens (including phenoxy) is 1. The van der Waals surface area contributed by atoms with Gasteiger partial charge in [-0.2, -0.15) is 0 Å². The molecule has 1 N–H and O–H groups in total. The number of ketones is 1. The van der Waals surface area contributed by atoms with Crippen LogP contribution in [0.25, 0.3) is 0 Å². The van der Waals surface area contributed by atoms with E-state index in [4.69, 9.17) is 4.74 Å². The van der Waals surface area contributed by atoms with Crippen molar-refractivity contribution in [3.05, 3.63) is 11.6 Å². The predicted molar refractivity (Wildman–Crippen MR) is 77.1 cm³/mol. The molecule has 2 atom stereocenters. The molecule has 20 heavy (non-hydrogen) atoms. The lowest BCUT2D eigenvalue weighted by Crippen LogP contribution is -2.38. The Kier molecular flexibility index (Phi) is 5.93. The van der Waals surface area contributed by atoms with Gasteiger partial charge in [0.15, 0.2) is 0 Å². The third-order valence-electron chi connectivity index (χ3n) is 3.93. The van der Waals surface area contributed by atoms with Crippen molar-refractivity contribution in [2.24, 2.45) is 11.8 Å². The van der Waals surface area contributed by atoms with Crippen molar-refractivity contribution in [2.45, 2.75) is 58.5 Å². The second-order valence-electron chi connectivity index (χ2n) is 6.36. The molecule has 0 saturated carbocycles. The van der Waals surface area contributed by atoms with Gasteiger partial charge in [-0.25, -0.2) is 4.79 Å². The van der Waals surface area contributed by atoms with E-state index in [0.717, 1.165) is 0 Å². The van der Waals surface area contributed by atoms with E-state index in [9.17, 15) is 14.7 Å². The number of Topliss-reactive ketones (excluding diaryl/α,β-unsaturated/α-hetero) is 1. The summed E-state index contributed by atoms with van der Waals surface area (Å²) in [4.78, 5) is 23.3. The number of methoxy groups -OCH3 is 1. The molecule has 0 aliphatic heterocycles. The lowest BCUT2D eigenvalue weighted by atomic mass is 9.75. The van der Waals surface area contributed by atoms with Crippen LogP contribution in [0.15, 0.2) is 11.6 Å². The molecule has 0 amide bonds. The summed E-state index contributed by atoms with van der Waals surface area (Å²) in [6.45, 7) is 5.73. The van der Waals surface area contributed by atoms with Gasteiger partial charge in [-0.3, -0.25) is 4.79 Å². The second kappa shape index (κ2) is 7.02. The molecule has 4 heteroatoms. The zero-order valence-electron chi connectivity index (χ0n) is 12.9. The summed E-state index contributed by atoms with van der Waals surface area (Å²) >= 11 is 0. The minimum Gasteiger partial charge on any atom is -0.466 e. The Labute approximate surface area is 121 Å². The summed E-state index contributed by atoms with van der Waals surface area (Å²) in [6.07, 6.45) is 4.46. The molecular weight excluding hydrogens is 256 g/mol. The number of rotatable bonds is 6. The number of hydrogen-bond donors (Lipinski definition) is 1. The number of aliphatic hydroxyl groups is 1. The fourth-order valence-corrected chi connectivity index (χ4v) is 2.79. The van der Waals surface area contributed by atoms with Crippen LogP contribution in [-0.4, -0.2) is 29.6 Å². The van der Waals surface area contributed by atoms with Crippen molar-refractivity contribution in [3.8, 4) is 0 Å². The molecule has 1 aliphatic rings.